The van der Waals surface area contributed by atoms with Crippen molar-refractivity contribution in [3.05, 3.63) is 76.2 Å². The Morgan fingerprint density at radius 1 is 0.962 bits per heavy atom. The number of hydrogen-bond acceptors (Lipinski definition) is 4. The SMILES string of the molecule is Cc1cc(C)cc(Nc2cc(C(=O)Nc3ccccc3Cl)nc(C)n2)c1. The number of para-hydroxylation sites is 1. The van der Waals surface area contributed by atoms with Crippen molar-refractivity contribution >= 4 is 34.7 Å². The largest absolute Gasteiger partial charge is 0.340 e. The zero-order valence-corrected chi connectivity index (χ0v) is 15.6. The average molecular weight is 367 g/mol. The van der Waals surface area contributed by atoms with Crippen LogP contribution in [-0.4, -0.2) is 15.9 Å². The molecule has 0 fully saturated rings. The van der Waals surface area contributed by atoms with E-state index in [0.717, 1.165) is 16.8 Å². The van der Waals surface area contributed by atoms with E-state index in [4.69, 9.17) is 11.6 Å². The van der Waals surface area contributed by atoms with Crippen LogP contribution in [0.1, 0.15) is 27.4 Å². The second-order valence-corrected chi connectivity index (χ2v) is 6.53. The highest BCUT2D eigenvalue weighted by atomic mass is 35.5. The number of rotatable bonds is 4. The molecule has 132 valence electrons. The van der Waals surface area contributed by atoms with Crippen molar-refractivity contribution in [3.63, 3.8) is 0 Å². The minimum Gasteiger partial charge on any atom is -0.340 e. The predicted molar refractivity (Wildman–Crippen MR) is 105 cm³/mol. The van der Waals surface area contributed by atoms with Crippen LogP contribution in [0.5, 0.6) is 0 Å². The number of hydrogen-bond donors (Lipinski definition) is 2. The summed E-state index contributed by atoms with van der Waals surface area (Å²) < 4.78 is 0. The first kappa shape index (κ1) is 17.9. The maximum absolute atomic E-state index is 12.5. The van der Waals surface area contributed by atoms with E-state index in [2.05, 4.69) is 26.7 Å². The van der Waals surface area contributed by atoms with Gasteiger partial charge in [-0.25, -0.2) is 9.97 Å². The Balaban J connectivity index is 1.85. The summed E-state index contributed by atoms with van der Waals surface area (Å²) in [7, 11) is 0. The number of carbonyl (C=O) groups is 1. The van der Waals surface area contributed by atoms with Gasteiger partial charge in [0.05, 0.1) is 10.7 Å². The van der Waals surface area contributed by atoms with Crippen LogP contribution in [-0.2, 0) is 0 Å². The van der Waals surface area contributed by atoms with Gasteiger partial charge in [0.15, 0.2) is 0 Å². The maximum atomic E-state index is 12.5. The molecule has 26 heavy (non-hydrogen) atoms. The number of carbonyl (C=O) groups excluding carboxylic acids is 1. The molecular weight excluding hydrogens is 348 g/mol. The van der Waals surface area contributed by atoms with Crippen LogP contribution in [0.15, 0.2) is 48.5 Å². The third kappa shape index (κ3) is 4.37. The number of benzene rings is 2. The Labute approximate surface area is 157 Å². The molecular formula is C20H19ClN4O. The first-order valence-corrected chi connectivity index (χ1v) is 8.55. The van der Waals surface area contributed by atoms with Gasteiger partial charge in [0.1, 0.15) is 17.3 Å². The van der Waals surface area contributed by atoms with Gasteiger partial charge >= 0.3 is 0 Å². The van der Waals surface area contributed by atoms with Crippen molar-refractivity contribution in [2.75, 3.05) is 10.6 Å². The van der Waals surface area contributed by atoms with Crippen molar-refractivity contribution in [1.29, 1.82) is 0 Å². The van der Waals surface area contributed by atoms with Gasteiger partial charge in [0.2, 0.25) is 0 Å². The molecule has 0 radical (unpaired) electrons. The first-order valence-electron chi connectivity index (χ1n) is 8.17. The normalized spacial score (nSPS) is 10.5. The summed E-state index contributed by atoms with van der Waals surface area (Å²) in [5, 5.41) is 6.49. The third-order valence-corrected chi connectivity index (χ3v) is 4.02. The van der Waals surface area contributed by atoms with Crippen molar-refractivity contribution in [1.82, 2.24) is 9.97 Å². The molecule has 0 saturated carbocycles. The quantitative estimate of drug-likeness (QED) is 0.678. The number of amides is 1. The molecule has 0 aliphatic heterocycles. The predicted octanol–water partition coefficient (Wildman–Crippen LogP) is 5.05. The van der Waals surface area contributed by atoms with E-state index >= 15 is 0 Å². The second-order valence-electron chi connectivity index (χ2n) is 6.12. The molecule has 2 N–H and O–H groups in total. The van der Waals surface area contributed by atoms with Crippen LogP contribution in [0.3, 0.4) is 0 Å². The fraction of sp³-hybridized carbons (Fsp3) is 0.150. The van der Waals surface area contributed by atoms with Crippen LogP contribution >= 0.6 is 11.6 Å². The summed E-state index contributed by atoms with van der Waals surface area (Å²) in [6, 6.07) is 14.8. The number of anilines is 3. The van der Waals surface area contributed by atoms with E-state index in [1.165, 1.54) is 0 Å². The van der Waals surface area contributed by atoms with E-state index in [9.17, 15) is 4.79 Å². The van der Waals surface area contributed by atoms with Gasteiger partial charge in [-0.2, -0.15) is 0 Å². The molecule has 0 bridgehead atoms. The Morgan fingerprint density at radius 2 is 1.65 bits per heavy atom. The fourth-order valence-electron chi connectivity index (χ4n) is 2.69. The van der Waals surface area contributed by atoms with E-state index < -0.39 is 0 Å². The smallest absolute Gasteiger partial charge is 0.274 e. The Bertz CT molecular complexity index is 952. The Hall–Kier alpha value is -2.92. The first-order chi connectivity index (χ1) is 12.4. The molecule has 1 heterocycles. The minimum absolute atomic E-state index is 0.268. The van der Waals surface area contributed by atoms with E-state index in [1.54, 1.807) is 37.3 Å². The van der Waals surface area contributed by atoms with Crippen molar-refractivity contribution in [2.45, 2.75) is 20.8 Å². The number of nitrogens with one attached hydrogen (secondary N) is 2. The van der Waals surface area contributed by atoms with Crippen molar-refractivity contribution < 1.29 is 4.79 Å². The molecule has 0 spiro atoms. The molecule has 0 atom stereocenters. The standard InChI is InChI=1S/C20H19ClN4O/c1-12-8-13(2)10-15(9-12)24-19-11-18(22-14(3)23-19)20(26)25-17-7-5-4-6-16(17)21/h4-11H,1-3H3,(H,25,26)(H,22,23,24). The van der Waals surface area contributed by atoms with Gasteiger partial charge in [-0.15, -0.1) is 0 Å². The highest BCUT2D eigenvalue weighted by Gasteiger charge is 2.12. The molecule has 0 aliphatic rings. The third-order valence-electron chi connectivity index (χ3n) is 3.69. The van der Waals surface area contributed by atoms with Gasteiger partial charge in [-0.1, -0.05) is 29.8 Å². The maximum Gasteiger partial charge on any atom is 0.274 e. The van der Waals surface area contributed by atoms with E-state index in [-0.39, 0.29) is 11.6 Å². The van der Waals surface area contributed by atoms with Crippen LogP contribution in [0.2, 0.25) is 5.02 Å². The van der Waals surface area contributed by atoms with Crippen LogP contribution in [0.25, 0.3) is 0 Å². The van der Waals surface area contributed by atoms with Gasteiger partial charge in [-0.05, 0) is 56.2 Å². The summed E-state index contributed by atoms with van der Waals surface area (Å²) in [5.74, 6) is 0.725. The lowest BCUT2D eigenvalue weighted by molar-refractivity contribution is 0.102. The molecule has 6 heteroatoms. The van der Waals surface area contributed by atoms with Gasteiger partial charge < -0.3 is 10.6 Å². The molecule has 3 aromatic rings. The summed E-state index contributed by atoms with van der Waals surface area (Å²) in [6.07, 6.45) is 0. The van der Waals surface area contributed by atoms with Crippen molar-refractivity contribution in [3.8, 4) is 0 Å². The fourth-order valence-corrected chi connectivity index (χ4v) is 2.87. The van der Waals surface area contributed by atoms with Gasteiger partial charge in [0, 0.05) is 11.8 Å². The van der Waals surface area contributed by atoms with Crippen LogP contribution < -0.4 is 10.6 Å². The number of aromatic nitrogens is 2. The van der Waals surface area contributed by atoms with Gasteiger partial charge in [0.25, 0.3) is 5.91 Å². The molecule has 3 rings (SSSR count). The van der Waals surface area contributed by atoms with E-state index in [0.29, 0.717) is 22.4 Å². The lowest BCUT2D eigenvalue weighted by atomic mass is 10.1. The lowest BCUT2D eigenvalue weighted by Gasteiger charge is -2.11. The number of nitrogens with zero attached hydrogens (tertiary/aromatic N) is 2. The monoisotopic (exact) mass is 366 g/mol. The minimum atomic E-state index is -0.341. The van der Waals surface area contributed by atoms with Crippen LogP contribution in [0, 0.1) is 20.8 Å². The molecule has 0 aliphatic carbocycles. The average Bonchev–Trinajstić information content (AvgIpc) is 2.55. The molecule has 0 saturated heterocycles. The zero-order chi connectivity index (χ0) is 18.7. The molecule has 2 aromatic carbocycles. The Morgan fingerprint density at radius 3 is 2.35 bits per heavy atom. The van der Waals surface area contributed by atoms with Crippen LogP contribution in [0.4, 0.5) is 17.2 Å². The topological polar surface area (TPSA) is 66.9 Å². The zero-order valence-electron chi connectivity index (χ0n) is 14.8. The molecule has 0 unspecified atom stereocenters. The lowest BCUT2D eigenvalue weighted by Crippen LogP contribution is -2.15. The second kappa shape index (κ2) is 7.54. The van der Waals surface area contributed by atoms with E-state index in [1.807, 2.05) is 26.0 Å². The molecule has 1 amide bonds. The summed E-state index contributed by atoms with van der Waals surface area (Å²) in [4.78, 5) is 21.1. The number of aryl methyl sites for hydroxylation is 3. The van der Waals surface area contributed by atoms with Crippen molar-refractivity contribution in [2.24, 2.45) is 0 Å². The summed E-state index contributed by atoms with van der Waals surface area (Å²) in [5.41, 5.74) is 4.02. The highest BCUT2D eigenvalue weighted by Crippen LogP contribution is 2.22. The summed E-state index contributed by atoms with van der Waals surface area (Å²) >= 11 is 6.10. The number of halogens is 1. The molecule has 1 aromatic heterocycles. The molecule has 5 nitrogen and oxygen atoms in total. The highest BCUT2D eigenvalue weighted by molar-refractivity contribution is 6.33. The van der Waals surface area contributed by atoms with Gasteiger partial charge in [-0.3, -0.25) is 4.79 Å². The Kier molecular flexibility index (Phi) is 5.19. The summed E-state index contributed by atoms with van der Waals surface area (Å²) in [6.45, 7) is 5.82.